The summed E-state index contributed by atoms with van der Waals surface area (Å²) in [6, 6.07) is 0.203. The number of hydrogen-bond acceptors (Lipinski definition) is 8. The van der Waals surface area contributed by atoms with E-state index >= 15 is 0 Å². The predicted molar refractivity (Wildman–Crippen MR) is 60.7 cm³/mol. The van der Waals surface area contributed by atoms with Gasteiger partial charge in [-0.2, -0.15) is 15.0 Å². The molecule has 0 aromatic carbocycles. The van der Waals surface area contributed by atoms with Gasteiger partial charge < -0.3 is 10.5 Å². The van der Waals surface area contributed by atoms with Crippen molar-refractivity contribution >= 4 is 17.7 Å². The maximum atomic E-state index is 5.54. The maximum absolute atomic E-state index is 5.54. The molecule has 0 saturated carbocycles. The molecular weight excluding hydrogens is 242 g/mol. The number of nitrogens with two attached hydrogens (primary N) is 1. The lowest BCUT2D eigenvalue weighted by Crippen LogP contribution is -2.04. The van der Waals surface area contributed by atoms with Crippen molar-refractivity contribution in [1.82, 2.24) is 30.1 Å². The average Bonchev–Trinajstić information content (AvgIpc) is 2.63. The number of H-pyrrole nitrogens is 1. The molecule has 0 unspecified atom stereocenters. The van der Waals surface area contributed by atoms with Crippen molar-refractivity contribution in [2.24, 2.45) is 0 Å². The number of nitrogens with zero attached hydrogens (tertiary/aromatic N) is 5. The number of nitrogen functional groups attached to an aromatic ring is 1. The van der Waals surface area contributed by atoms with Gasteiger partial charge in [-0.3, -0.25) is 5.10 Å². The Morgan fingerprint density at radius 1 is 1.24 bits per heavy atom. The second-order valence-electron chi connectivity index (χ2n) is 3.00. The second-order valence-corrected chi connectivity index (χ2v) is 3.93. The number of aryl methyl sites for hydroxylation is 1. The van der Waals surface area contributed by atoms with E-state index in [1.807, 2.05) is 13.8 Å². The van der Waals surface area contributed by atoms with Crippen LogP contribution in [0.2, 0.25) is 0 Å². The van der Waals surface area contributed by atoms with Gasteiger partial charge in [0.2, 0.25) is 16.3 Å². The number of nitrogens with one attached hydrogen (secondary N) is 1. The van der Waals surface area contributed by atoms with Gasteiger partial charge in [-0.05, 0) is 25.6 Å². The molecule has 0 amide bonds. The minimum absolute atomic E-state index is 0.109. The van der Waals surface area contributed by atoms with Crippen LogP contribution in [-0.4, -0.2) is 36.7 Å². The van der Waals surface area contributed by atoms with Crippen molar-refractivity contribution in [3.05, 3.63) is 5.82 Å². The van der Waals surface area contributed by atoms with E-state index in [0.29, 0.717) is 16.9 Å². The van der Waals surface area contributed by atoms with Crippen molar-refractivity contribution in [3.63, 3.8) is 0 Å². The first-order chi connectivity index (χ1) is 8.17. The highest BCUT2D eigenvalue weighted by molar-refractivity contribution is 7.99. The van der Waals surface area contributed by atoms with Crippen LogP contribution in [0.3, 0.4) is 0 Å². The highest BCUT2D eigenvalue weighted by atomic mass is 32.2. The molecule has 0 aliphatic carbocycles. The van der Waals surface area contributed by atoms with E-state index in [9.17, 15) is 0 Å². The molecule has 90 valence electrons. The topological polar surface area (TPSA) is 115 Å². The van der Waals surface area contributed by atoms with Crippen molar-refractivity contribution in [2.45, 2.75) is 24.2 Å². The van der Waals surface area contributed by atoms with Crippen LogP contribution in [-0.2, 0) is 0 Å². The standard InChI is InChI=1S/C8H11N7OS/c1-3-16-6-11-5(9)12-7(13-6)17-8-10-4(2)14-15-8/h3H2,1-2H3,(H,10,14,15)(H2,9,11,12,13). The first-order valence-electron chi connectivity index (χ1n) is 4.88. The highest BCUT2D eigenvalue weighted by Gasteiger charge is 2.09. The number of aromatic nitrogens is 6. The Hall–Kier alpha value is -1.90. The Morgan fingerprint density at radius 2 is 2.06 bits per heavy atom. The van der Waals surface area contributed by atoms with Crippen molar-refractivity contribution in [2.75, 3.05) is 12.3 Å². The molecule has 17 heavy (non-hydrogen) atoms. The largest absolute Gasteiger partial charge is 0.464 e. The lowest BCUT2D eigenvalue weighted by atomic mass is 10.8. The zero-order valence-electron chi connectivity index (χ0n) is 9.34. The number of ether oxygens (including phenoxy) is 1. The van der Waals surface area contributed by atoms with Crippen LogP contribution in [0.15, 0.2) is 10.3 Å². The van der Waals surface area contributed by atoms with Crippen LogP contribution < -0.4 is 10.5 Å². The normalized spacial score (nSPS) is 10.5. The van der Waals surface area contributed by atoms with Gasteiger partial charge >= 0.3 is 6.01 Å². The number of hydrogen-bond donors (Lipinski definition) is 2. The molecule has 0 spiro atoms. The van der Waals surface area contributed by atoms with Crippen LogP contribution in [0.25, 0.3) is 0 Å². The van der Waals surface area contributed by atoms with Crippen molar-refractivity contribution in [1.29, 1.82) is 0 Å². The molecule has 0 saturated heterocycles. The van der Waals surface area contributed by atoms with Gasteiger partial charge in [0.15, 0.2) is 0 Å². The van der Waals surface area contributed by atoms with E-state index in [1.54, 1.807) is 0 Å². The Balaban J connectivity index is 2.20. The van der Waals surface area contributed by atoms with E-state index < -0.39 is 0 Å². The molecule has 3 N–H and O–H groups in total. The van der Waals surface area contributed by atoms with Crippen molar-refractivity contribution in [3.8, 4) is 6.01 Å². The minimum atomic E-state index is 0.109. The molecule has 2 aromatic rings. The zero-order chi connectivity index (χ0) is 12.3. The summed E-state index contributed by atoms with van der Waals surface area (Å²) in [6.07, 6.45) is 0. The summed E-state index contributed by atoms with van der Waals surface area (Å²) in [5.41, 5.74) is 5.54. The molecule has 0 aliphatic heterocycles. The lowest BCUT2D eigenvalue weighted by Gasteiger charge is -2.02. The van der Waals surface area contributed by atoms with Crippen LogP contribution in [0.5, 0.6) is 6.01 Å². The Kier molecular flexibility index (Phi) is 3.38. The average molecular weight is 253 g/mol. The van der Waals surface area contributed by atoms with Gasteiger partial charge in [0.05, 0.1) is 6.61 Å². The van der Waals surface area contributed by atoms with Gasteiger partial charge in [-0.25, -0.2) is 4.98 Å². The van der Waals surface area contributed by atoms with Gasteiger partial charge in [-0.1, -0.05) is 0 Å². The zero-order valence-corrected chi connectivity index (χ0v) is 10.2. The summed E-state index contributed by atoms with van der Waals surface area (Å²) < 4.78 is 5.17. The molecule has 0 aliphatic rings. The van der Waals surface area contributed by atoms with E-state index in [4.69, 9.17) is 10.5 Å². The summed E-state index contributed by atoms with van der Waals surface area (Å²) in [7, 11) is 0. The molecular formula is C8H11N7OS. The molecule has 2 rings (SSSR count). The molecule has 9 heteroatoms. The van der Waals surface area contributed by atoms with Gasteiger partial charge in [0, 0.05) is 0 Å². The Labute approximate surface area is 101 Å². The fourth-order valence-corrected chi connectivity index (χ4v) is 1.74. The monoisotopic (exact) mass is 253 g/mol. The van der Waals surface area contributed by atoms with Crippen LogP contribution >= 0.6 is 11.8 Å². The maximum Gasteiger partial charge on any atom is 0.322 e. The van der Waals surface area contributed by atoms with Crippen molar-refractivity contribution < 1.29 is 4.74 Å². The summed E-state index contributed by atoms with van der Waals surface area (Å²) in [4.78, 5) is 16.0. The lowest BCUT2D eigenvalue weighted by molar-refractivity contribution is 0.308. The summed E-state index contributed by atoms with van der Waals surface area (Å²) in [5, 5.41) is 7.62. The predicted octanol–water partition coefficient (Wildman–Crippen LogP) is 0.430. The quantitative estimate of drug-likeness (QED) is 0.805. The molecule has 0 fully saturated rings. The number of rotatable bonds is 4. The number of aromatic amines is 1. The summed E-state index contributed by atoms with van der Waals surface area (Å²) in [5.74, 6) is 0.831. The van der Waals surface area contributed by atoms with Gasteiger partial charge in [-0.15, -0.1) is 5.10 Å². The summed E-state index contributed by atoms with van der Waals surface area (Å²) >= 11 is 1.19. The summed E-state index contributed by atoms with van der Waals surface area (Å²) in [6.45, 7) is 4.11. The third-order valence-corrected chi connectivity index (χ3v) is 2.37. The molecule has 2 heterocycles. The molecule has 0 radical (unpaired) electrons. The molecule has 0 atom stereocenters. The fraction of sp³-hybridized carbons (Fsp3) is 0.375. The SMILES string of the molecule is CCOc1nc(N)nc(Sc2n[nH]c(C)n2)n1. The fourth-order valence-electron chi connectivity index (χ4n) is 1.04. The molecule has 0 bridgehead atoms. The molecule has 2 aromatic heterocycles. The van der Waals surface area contributed by atoms with E-state index in [1.165, 1.54) is 11.8 Å². The third-order valence-electron chi connectivity index (χ3n) is 1.64. The van der Waals surface area contributed by atoms with Crippen LogP contribution in [0.1, 0.15) is 12.7 Å². The Morgan fingerprint density at radius 3 is 2.71 bits per heavy atom. The molecule has 8 nitrogen and oxygen atoms in total. The van der Waals surface area contributed by atoms with E-state index in [2.05, 4.69) is 30.1 Å². The number of anilines is 1. The highest BCUT2D eigenvalue weighted by Crippen LogP contribution is 2.22. The minimum Gasteiger partial charge on any atom is -0.464 e. The smallest absolute Gasteiger partial charge is 0.322 e. The third kappa shape index (κ3) is 3.03. The van der Waals surface area contributed by atoms with Gasteiger partial charge in [0.25, 0.3) is 0 Å². The van der Waals surface area contributed by atoms with E-state index in [0.717, 1.165) is 5.82 Å². The van der Waals surface area contributed by atoms with E-state index in [-0.39, 0.29) is 12.0 Å². The first kappa shape index (κ1) is 11.6. The van der Waals surface area contributed by atoms with Crippen LogP contribution in [0.4, 0.5) is 5.95 Å². The first-order valence-corrected chi connectivity index (χ1v) is 5.70. The Bertz CT molecular complexity index is 514. The second kappa shape index (κ2) is 4.95. The van der Waals surface area contributed by atoms with Gasteiger partial charge in [0.1, 0.15) is 5.82 Å². The van der Waals surface area contributed by atoms with Crippen LogP contribution in [0, 0.1) is 6.92 Å².